The molecule has 0 radical (unpaired) electrons. The number of piperidine rings is 1. The monoisotopic (exact) mass is 487 g/mol. The minimum atomic E-state index is -0.111. The number of carbonyl (C=O) groups excluding carboxylic acids is 2. The number of nitrogens with one attached hydrogen (secondary N) is 1. The summed E-state index contributed by atoms with van der Waals surface area (Å²) in [5, 5.41) is 4.08. The minimum absolute atomic E-state index is 0.0531. The van der Waals surface area contributed by atoms with E-state index in [1.54, 1.807) is 0 Å². The van der Waals surface area contributed by atoms with E-state index in [1.165, 1.54) is 0 Å². The molecule has 2 aromatic carbocycles. The number of rotatable bonds is 7. The Kier molecular flexibility index (Phi) is 7.02. The van der Waals surface area contributed by atoms with E-state index in [-0.39, 0.29) is 17.7 Å². The van der Waals surface area contributed by atoms with Gasteiger partial charge >= 0.3 is 0 Å². The molecule has 5 rings (SSSR count). The van der Waals surface area contributed by atoms with Crippen molar-refractivity contribution in [2.45, 2.75) is 46.1 Å². The standard InChI is InChI=1S/C28H33N5O3/c1-3-36-23-12-13-25-24(16-23)19(2)30-28(31-25)32-14-4-6-21(18-32)27(35)29-17-20-8-10-22(11-9-20)33-15-5-7-26(33)34/h8-13,16,21H,3-7,14-15,17-18H2,1-2H3,(H,29,35). The van der Waals surface area contributed by atoms with Crippen LogP contribution in [0, 0.1) is 12.8 Å². The van der Waals surface area contributed by atoms with Crippen LogP contribution in [0.3, 0.4) is 0 Å². The molecule has 2 saturated heterocycles. The molecule has 2 aliphatic heterocycles. The number of fused-ring (bicyclic) bond motifs is 1. The first kappa shape index (κ1) is 24.0. The summed E-state index contributed by atoms with van der Waals surface area (Å²) in [7, 11) is 0. The fraction of sp³-hybridized carbons (Fsp3) is 0.429. The Hall–Kier alpha value is -3.68. The highest BCUT2D eigenvalue weighted by atomic mass is 16.5. The van der Waals surface area contributed by atoms with Gasteiger partial charge in [-0.15, -0.1) is 0 Å². The van der Waals surface area contributed by atoms with Gasteiger partial charge in [-0.1, -0.05) is 12.1 Å². The maximum Gasteiger partial charge on any atom is 0.227 e. The molecule has 3 heterocycles. The summed E-state index contributed by atoms with van der Waals surface area (Å²) in [6, 6.07) is 13.8. The Morgan fingerprint density at radius 1 is 1.11 bits per heavy atom. The molecule has 0 spiro atoms. The molecule has 36 heavy (non-hydrogen) atoms. The number of amides is 2. The molecule has 188 valence electrons. The number of hydrogen-bond acceptors (Lipinski definition) is 6. The van der Waals surface area contributed by atoms with E-state index < -0.39 is 0 Å². The second-order valence-corrected chi connectivity index (χ2v) is 9.54. The molecule has 8 heteroatoms. The number of nitrogens with zero attached hydrogens (tertiary/aromatic N) is 4. The predicted molar refractivity (Wildman–Crippen MR) is 140 cm³/mol. The van der Waals surface area contributed by atoms with Crippen LogP contribution >= 0.6 is 0 Å². The van der Waals surface area contributed by atoms with Crippen molar-refractivity contribution in [3.8, 4) is 5.75 Å². The van der Waals surface area contributed by atoms with Gasteiger partial charge in [0.2, 0.25) is 17.8 Å². The zero-order valence-electron chi connectivity index (χ0n) is 21.0. The van der Waals surface area contributed by atoms with Crippen molar-refractivity contribution in [2.24, 2.45) is 5.92 Å². The zero-order chi connectivity index (χ0) is 25.1. The van der Waals surface area contributed by atoms with Crippen LogP contribution in [-0.4, -0.2) is 48.0 Å². The van der Waals surface area contributed by atoms with Crippen molar-refractivity contribution in [2.75, 3.05) is 36.0 Å². The van der Waals surface area contributed by atoms with Crippen LogP contribution in [0.4, 0.5) is 11.6 Å². The van der Waals surface area contributed by atoms with Crippen molar-refractivity contribution in [1.82, 2.24) is 15.3 Å². The lowest BCUT2D eigenvalue weighted by Crippen LogP contribution is -2.43. The number of carbonyl (C=O) groups is 2. The van der Waals surface area contributed by atoms with Crippen LogP contribution in [0.1, 0.15) is 43.9 Å². The van der Waals surface area contributed by atoms with Crippen molar-refractivity contribution >= 4 is 34.4 Å². The molecule has 0 saturated carbocycles. The van der Waals surface area contributed by atoms with Crippen LogP contribution in [0.15, 0.2) is 42.5 Å². The summed E-state index contributed by atoms with van der Waals surface area (Å²) in [6.07, 6.45) is 3.30. The van der Waals surface area contributed by atoms with E-state index in [9.17, 15) is 9.59 Å². The molecule has 1 aromatic heterocycles. The van der Waals surface area contributed by atoms with Crippen molar-refractivity contribution in [1.29, 1.82) is 0 Å². The maximum atomic E-state index is 13.0. The fourth-order valence-corrected chi connectivity index (χ4v) is 5.06. The summed E-state index contributed by atoms with van der Waals surface area (Å²) in [5.74, 6) is 1.61. The lowest BCUT2D eigenvalue weighted by molar-refractivity contribution is -0.125. The predicted octanol–water partition coefficient (Wildman–Crippen LogP) is 4.00. The third-order valence-electron chi connectivity index (χ3n) is 7.02. The molecule has 3 aromatic rings. The topological polar surface area (TPSA) is 87.7 Å². The number of ether oxygens (including phenoxy) is 1. The van der Waals surface area contributed by atoms with Crippen molar-refractivity contribution in [3.63, 3.8) is 0 Å². The first-order chi connectivity index (χ1) is 17.5. The van der Waals surface area contributed by atoms with Gasteiger partial charge in [0.05, 0.1) is 23.7 Å². The Labute approximate surface area is 211 Å². The quantitative estimate of drug-likeness (QED) is 0.542. The van der Waals surface area contributed by atoms with Crippen LogP contribution in [0.5, 0.6) is 5.75 Å². The average Bonchev–Trinajstić information content (AvgIpc) is 3.34. The van der Waals surface area contributed by atoms with Gasteiger partial charge in [0.15, 0.2) is 0 Å². The number of hydrogen-bond donors (Lipinski definition) is 1. The molecule has 1 N–H and O–H groups in total. The van der Waals surface area contributed by atoms with Gasteiger partial charge in [0.25, 0.3) is 0 Å². The second-order valence-electron chi connectivity index (χ2n) is 9.54. The maximum absolute atomic E-state index is 13.0. The first-order valence-corrected chi connectivity index (χ1v) is 12.8. The van der Waals surface area contributed by atoms with Gasteiger partial charge in [-0.2, -0.15) is 0 Å². The van der Waals surface area contributed by atoms with E-state index in [2.05, 4.69) is 10.2 Å². The highest BCUT2D eigenvalue weighted by Gasteiger charge is 2.27. The summed E-state index contributed by atoms with van der Waals surface area (Å²) in [4.78, 5) is 38.5. The third kappa shape index (κ3) is 5.12. The average molecular weight is 488 g/mol. The van der Waals surface area contributed by atoms with Gasteiger partial charge in [-0.3, -0.25) is 9.59 Å². The lowest BCUT2D eigenvalue weighted by Gasteiger charge is -2.32. The Morgan fingerprint density at radius 2 is 1.94 bits per heavy atom. The van der Waals surface area contributed by atoms with Gasteiger partial charge in [0, 0.05) is 43.7 Å². The zero-order valence-corrected chi connectivity index (χ0v) is 21.0. The minimum Gasteiger partial charge on any atom is -0.494 e. The van der Waals surface area contributed by atoms with Crippen LogP contribution in [-0.2, 0) is 16.1 Å². The Morgan fingerprint density at radius 3 is 2.69 bits per heavy atom. The van der Waals surface area contributed by atoms with E-state index >= 15 is 0 Å². The summed E-state index contributed by atoms with van der Waals surface area (Å²) in [5.41, 5.74) is 3.73. The van der Waals surface area contributed by atoms with Gasteiger partial charge < -0.3 is 19.9 Å². The number of aryl methyl sites for hydroxylation is 1. The molecule has 2 amide bonds. The first-order valence-electron chi connectivity index (χ1n) is 12.8. The lowest BCUT2D eigenvalue weighted by atomic mass is 9.97. The van der Waals surface area contributed by atoms with E-state index in [1.807, 2.05) is 61.2 Å². The van der Waals surface area contributed by atoms with E-state index in [4.69, 9.17) is 14.7 Å². The van der Waals surface area contributed by atoms with Gasteiger partial charge in [0.1, 0.15) is 5.75 Å². The van der Waals surface area contributed by atoms with Gasteiger partial charge in [-0.25, -0.2) is 9.97 Å². The molecule has 0 bridgehead atoms. The Balaban J connectivity index is 1.21. The summed E-state index contributed by atoms with van der Waals surface area (Å²) < 4.78 is 5.62. The largest absolute Gasteiger partial charge is 0.494 e. The van der Waals surface area contributed by atoms with Crippen molar-refractivity contribution in [3.05, 3.63) is 53.7 Å². The van der Waals surface area contributed by atoms with Gasteiger partial charge in [-0.05, 0) is 69.0 Å². The SMILES string of the molecule is CCOc1ccc2nc(N3CCCC(C(=O)NCc4ccc(N5CCCC5=O)cc4)C3)nc(C)c2c1. The van der Waals surface area contributed by atoms with Crippen LogP contribution < -0.4 is 19.9 Å². The molecule has 1 atom stereocenters. The fourth-order valence-electron chi connectivity index (χ4n) is 5.06. The molecule has 2 aliphatic rings. The molecular weight excluding hydrogens is 454 g/mol. The number of anilines is 2. The van der Waals surface area contributed by atoms with Crippen molar-refractivity contribution < 1.29 is 14.3 Å². The van der Waals surface area contributed by atoms with Crippen LogP contribution in [0.25, 0.3) is 10.9 Å². The summed E-state index contributed by atoms with van der Waals surface area (Å²) in [6.45, 7) is 7.26. The number of aromatic nitrogens is 2. The highest BCUT2D eigenvalue weighted by molar-refractivity contribution is 5.95. The second kappa shape index (κ2) is 10.5. The molecule has 0 aliphatic carbocycles. The molecular formula is C28H33N5O3. The van der Waals surface area contributed by atoms with E-state index in [0.717, 1.165) is 65.9 Å². The van der Waals surface area contributed by atoms with Crippen LogP contribution in [0.2, 0.25) is 0 Å². The molecule has 2 fully saturated rings. The Bertz CT molecular complexity index is 1260. The normalized spacial score (nSPS) is 18.1. The highest BCUT2D eigenvalue weighted by Crippen LogP contribution is 2.27. The smallest absolute Gasteiger partial charge is 0.227 e. The molecule has 1 unspecified atom stereocenters. The summed E-state index contributed by atoms with van der Waals surface area (Å²) >= 11 is 0. The number of benzene rings is 2. The third-order valence-corrected chi connectivity index (χ3v) is 7.02. The van der Waals surface area contributed by atoms with E-state index in [0.29, 0.717) is 32.1 Å². The molecule has 8 nitrogen and oxygen atoms in total.